The predicted molar refractivity (Wildman–Crippen MR) is 88.3 cm³/mol. The van der Waals surface area contributed by atoms with Crippen LogP contribution in [0.5, 0.6) is 0 Å². The summed E-state index contributed by atoms with van der Waals surface area (Å²) in [5.74, 6) is 1.36. The van der Waals surface area contributed by atoms with Crippen LogP contribution in [0.3, 0.4) is 0 Å². The number of carbonyl (C=O) groups is 1. The normalized spacial score (nSPS) is 10.4. The Hall–Kier alpha value is -1.52. The second-order valence-electron chi connectivity index (χ2n) is 4.73. The molecule has 110 valence electrons. The first-order valence-corrected chi connectivity index (χ1v) is 8.13. The largest absolute Gasteiger partial charge is 0.341 e. The monoisotopic (exact) mass is 320 g/mol. The molecule has 0 saturated heterocycles. The molecule has 0 atom stereocenters. The van der Waals surface area contributed by atoms with Gasteiger partial charge in [0, 0.05) is 36.8 Å². The molecule has 0 radical (unpaired) electrons. The van der Waals surface area contributed by atoms with Crippen molar-refractivity contribution in [2.24, 2.45) is 0 Å². The number of benzene rings is 1. The zero-order valence-corrected chi connectivity index (χ0v) is 13.4. The molecular weight excluding hydrogens is 304 g/mol. The van der Waals surface area contributed by atoms with E-state index in [0.717, 1.165) is 21.9 Å². The lowest BCUT2D eigenvalue weighted by atomic mass is 10.2. The minimum absolute atomic E-state index is 0.117. The van der Waals surface area contributed by atoms with Gasteiger partial charge in [-0.3, -0.25) is 9.78 Å². The first-order chi connectivity index (χ1) is 10.1. The molecule has 2 rings (SSSR count). The molecule has 0 N–H and O–H groups in total. The number of halogens is 1. The minimum Gasteiger partial charge on any atom is -0.341 e. The molecule has 0 unspecified atom stereocenters. The first kappa shape index (κ1) is 15.9. The average molecular weight is 321 g/mol. The van der Waals surface area contributed by atoms with Crippen LogP contribution in [0.4, 0.5) is 0 Å². The summed E-state index contributed by atoms with van der Waals surface area (Å²) in [6, 6.07) is 11.6. The van der Waals surface area contributed by atoms with Crippen molar-refractivity contribution in [3.8, 4) is 0 Å². The van der Waals surface area contributed by atoms with Crippen molar-refractivity contribution in [2.75, 3.05) is 12.8 Å². The van der Waals surface area contributed by atoms with E-state index < -0.39 is 0 Å². The highest BCUT2D eigenvalue weighted by molar-refractivity contribution is 7.99. The fourth-order valence-electron chi connectivity index (χ4n) is 1.85. The molecule has 0 fully saturated rings. The van der Waals surface area contributed by atoms with E-state index in [-0.39, 0.29) is 5.91 Å². The summed E-state index contributed by atoms with van der Waals surface area (Å²) in [5.41, 5.74) is 2.17. The van der Waals surface area contributed by atoms with E-state index in [0.29, 0.717) is 12.3 Å². The van der Waals surface area contributed by atoms with E-state index in [9.17, 15) is 4.79 Å². The summed E-state index contributed by atoms with van der Waals surface area (Å²) in [7, 11) is 1.81. The maximum Gasteiger partial charge on any atom is 0.232 e. The molecule has 0 aliphatic heterocycles. The van der Waals surface area contributed by atoms with Gasteiger partial charge in [0.2, 0.25) is 5.91 Å². The van der Waals surface area contributed by atoms with E-state index in [1.807, 2.05) is 43.4 Å². The van der Waals surface area contributed by atoms with Gasteiger partial charge in [-0.2, -0.15) is 0 Å². The van der Waals surface area contributed by atoms with Crippen LogP contribution in [-0.2, 0) is 17.1 Å². The number of thioether (sulfide) groups is 1. The van der Waals surface area contributed by atoms with Crippen molar-refractivity contribution < 1.29 is 4.79 Å². The molecule has 1 aromatic carbocycles. The van der Waals surface area contributed by atoms with Crippen LogP contribution in [0, 0.1) is 0 Å². The van der Waals surface area contributed by atoms with Crippen molar-refractivity contribution in [1.29, 1.82) is 0 Å². The zero-order valence-electron chi connectivity index (χ0n) is 11.8. The Balaban J connectivity index is 1.76. The van der Waals surface area contributed by atoms with E-state index in [4.69, 9.17) is 11.6 Å². The van der Waals surface area contributed by atoms with Gasteiger partial charge in [-0.1, -0.05) is 29.8 Å². The standard InChI is InChI=1S/C16H17ClN2OS/c1-19(10-14-5-3-7-18-9-14)16(20)12-21-11-13-4-2-6-15(17)8-13/h2-9H,10-12H2,1H3. The molecule has 1 amide bonds. The third kappa shape index (κ3) is 5.40. The second-order valence-corrected chi connectivity index (χ2v) is 6.16. The summed E-state index contributed by atoms with van der Waals surface area (Å²) in [6.07, 6.45) is 3.51. The lowest BCUT2D eigenvalue weighted by Gasteiger charge is -2.16. The Bertz CT molecular complexity index is 592. The van der Waals surface area contributed by atoms with Crippen LogP contribution in [-0.4, -0.2) is 28.6 Å². The predicted octanol–water partition coefficient (Wildman–Crippen LogP) is 3.63. The third-order valence-electron chi connectivity index (χ3n) is 2.95. The Morgan fingerprint density at radius 2 is 2.10 bits per heavy atom. The van der Waals surface area contributed by atoms with Gasteiger partial charge < -0.3 is 4.90 Å². The molecule has 1 aromatic heterocycles. The van der Waals surface area contributed by atoms with Gasteiger partial charge in [0.15, 0.2) is 0 Å². The number of pyridine rings is 1. The molecule has 0 saturated carbocycles. The van der Waals surface area contributed by atoms with Crippen molar-refractivity contribution >= 4 is 29.3 Å². The average Bonchev–Trinajstić information content (AvgIpc) is 2.48. The van der Waals surface area contributed by atoms with Crippen molar-refractivity contribution in [1.82, 2.24) is 9.88 Å². The lowest BCUT2D eigenvalue weighted by molar-refractivity contribution is -0.127. The number of hydrogen-bond donors (Lipinski definition) is 0. The van der Waals surface area contributed by atoms with Gasteiger partial charge in [-0.15, -0.1) is 11.8 Å². The van der Waals surface area contributed by atoms with E-state index in [2.05, 4.69) is 4.98 Å². The summed E-state index contributed by atoms with van der Waals surface area (Å²) in [6.45, 7) is 0.588. The molecule has 2 aromatic rings. The Morgan fingerprint density at radius 3 is 2.81 bits per heavy atom. The maximum atomic E-state index is 12.1. The van der Waals surface area contributed by atoms with Crippen LogP contribution in [0.2, 0.25) is 5.02 Å². The van der Waals surface area contributed by atoms with Crippen LogP contribution in [0.15, 0.2) is 48.8 Å². The van der Waals surface area contributed by atoms with Gasteiger partial charge in [-0.25, -0.2) is 0 Å². The highest BCUT2D eigenvalue weighted by atomic mass is 35.5. The Labute approximate surface area is 134 Å². The van der Waals surface area contributed by atoms with Crippen LogP contribution >= 0.6 is 23.4 Å². The van der Waals surface area contributed by atoms with E-state index >= 15 is 0 Å². The van der Waals surface area contributed by atoms with Gasteiger partial charge in [-0.05, 0) is 29.3 Å². The first-order valence-electron chi connectivity index (χ1n) is 6.60. The van der Waals surface area contributed by atoms with E-state index in [1.54, 1.807) is 29.1 Å². The van der Waals surface area contributed by atoms with Crippen molar-refractivity contribution in [2.45, 2.75) is 12.3 Å². The van der Waals surface area contributed by atoms with Gasteiger partial charge in [0.05, 0.1) is 5.75 Å². The van der Waals surface area contributed by atoms with Crippen molar-refractivity contribution in [3.05, 3.63) is 64.9 Å². The lowest BCUT2D eigenvalue weighted by Crippen LogP contribution is -2.27. The summed E-state index contributed by atoms with van der Waals surface area (Å²) < 4.78 is 0. The number of rotatable bonds is 6. The Morgan fingerprint density at radius 1 is 1.29 bits per heavy atom. The number of nitrogens with zero attached hydrogens (tertiary/aromatic N) is 2. The van der Waals surface area contributed by atoms with Crippen LogP contribution < -0.4 is 0 Å². The quantitative estimate of drug-likeness (QED) is 0.815. The van der Waals surface area contributed by atoms with Gasteiger partial charge >= 0.3 is 0 Å². The topological polar surface area (TPSA) is 33.2 Å². The second kappa shape index (κ2) is 8.05. The summed E-state index contributed by atoms with van der Waals surface area (Å²) in [4.78, 5) is 17.8. The molecule has 0 aliphatic rings. The molecule has 5 heteroatoms. The zero-order chi connectivity index (χ0) is 15.1. The molecule has 0 bridgehead atoms. The molecule has 21 heavy (non-hydrogen) atoms. The summed E-state index contributed by atoms with van der Waals surface area (Å²) >= 11 is 7.53. The van der Waals surface area contributed by atoms with Crippen LogP contribution in [0.1, 0.15) is 11.1 Å². The maximum absolute atomic E-state index is 12.1. The number of hydrogen-bond acceptors (Lipinski definition) is 3. The highest BCUT2D eigenvalue weighted by Gasteiger charge is 2.09. The summed E-state index contributed by atoms with van der Waals surface area (Å²) in [5, 5.41) is 0.730. The Kier molecular flexibility index (Phi) is 6.08. The molecule has 0 aliphatic carbocycles. The number of amides is 1. The fourth-order valence-corrected chi connectivity index (χ4v) is 2.97. The fraction of sp³-hybridized carbons (Fsp3) is 0.250. The number of carbonyl (C=O) groups excluding carboxylic acids is 1. The molecular formula is C16H17ClN2OS. The minimum atomic E-state index is 0.117. The molecule has 0 spiro atoms. The molecule has 1 heterocycles. The molecule has 3 nitrogen and oxygen atoms in total. The third-order valence-corrected chi connectivity index (χ3v) is 4.18. The smallest absolute Gasteiger partial charge is 0.232 e. The van der Waals surface area contributed by atoms with E-state index in [1.165, 1.54) is 0 Å². The van der Waals surface area contributed by atoms with Gasteiger partial charge in [0.25, 0.3) is 0 Å². The van der Waals surface area contributed by atoms with Gasteiger partial charge in [0.1, 0.15) is 0 Å². The highest BCUT2D eigenvalue weighted by Crippen LogP contribution is 2.17. The van der Waals surface area contributed by atoms with Crippen LogP contribution in [0.25, 0.3) is 0 Å². The number of aromatic nitrogens is 1. The van der Waals surface area contributed by atoms with Crippen molar-refractivity contribution in [3.63, 3.8) is 0 Å². The SMILES string of the molecule is CN(Cc1cccnc1)C(=O)CSCc1cccc(Cl)c1.